The summed E-state index contributed by atoms with van der Waals surface area (Å²) in [5.74, 6) is -1.03. The van der Waals surface area contributed by atoms with Crippen molar-refractivity contribution in [3.63, 3.8) is 0 Å². The fourth-order valence-electron chi connectivity index (χ4n) is 1.59. The standard InChI is InChI=1S/C12H12FN3O3S/c1-19-12-10(13)6-9(7-11(12)14)20(17,18)16-8-2-4-15-5-3-8/h2-7H,14H2,1H3,(H,15,16). The van der Waals surface area contributed by atoms with Crippen molar-refractivity contribution < 1.29 is 17.5 Å². The number of nitrogens with two attached hydrogens (primary N) is 1. The second kappa shape index (κ2) is 5.33. The van der Waals surface area contributed by atoms with Crippen LogP contribution in [0.15, 0.2) is 41.6 Å². The van der Waals surface area contributed by atoms with E-state index in [-0.39, 0.29) is 16.3 Å². The van der Waals surface area contributed by atoms with Gasteiger partial charge in [0.15, 0.2) is 11.6 Å². The second-order valence-electron chi connectivity index (χ2n) is 3.87. The molecule has 0 radical (unpaired) electrons. The SMILES string of the molecule is COc1c(N)cc(S(=O)(=O)Nc2ccncc2)cc1F. The van der Waals surface area contributed by atoms with E-state index in [1.54, 1.807) is 0 Å². The van der Waals surface area contributed by atoms with Gasteiger partial charge in [0.1, 0.15) is 0 Å². The Balaban J connectivity index is 2.40. The van der Waals surface area contributed by atoms with Crippen LogP contribution in [0, 0.1) is 5.82 Å². The number of anilines is 2. The predicted octanol–water partition coefficient (Wildman–Crippen LogP) is 1.61. The maximum Gasteiger partial charge on any atom is 0.262 e. The van der Waals surface area contributed by atoms with Crippen LogP contribution in [0.1, 0.15) is 0 Å². The van der Waals surface area contributed by atoms with Crippen LogP contribution in [0.25, 0.3) is 0 Å². The van der Waals surface area contributed by atoms with Crippen molar-refractivity contribution in [3.05, 3.63) is 42.5 Å². The molecule has 0 aliphatic heterocycles. The third-order valence-corrected chi connectivity index (χ3v) is 3.85. The molecule has 20 heavy (non-hydrogen) atoms. The number of aromatic nitrogens is 1. The molecule has 0 bridgehead atoms. The number of sulfonamides is 1. The van der Waals surface area contributed by atoms with Gasteiger partial charge in [-0.1, -0.05) is 0 Å². The molecule has 0 unspecified atom stereocenters. The topological polar surface area (TPSA) is 94.3 Å². The van der Waals surface area contributed by atoms with Crippen molar-refractivity contribution >= 4 is 21.4 Å². The summed E-state index contributed by atoms with van der Waals surface area (Å²) in [5, 5.41) is 0. The number of pyridine rings is 1. The number of rotatable bonds is 4. The smallest absolute Gasteiger partial charge is 0.262 e. The van der Waals surface area contributed by atoms with E-state index in [9.17, 15) is 12.8 Å². The van der Waals surface area contributed by atoms with E-state index in [4.69, 9.17) is 10.5 Å². The van der Waals surface area contributed by atoms with Crippen LogP contribution in [0.2, 0.25) is 0 Å². The van der Waals surface area contributed by atoms with Crippen molar-refractivity contribution in [1.82, 2.24) is 4.98 Å². The van der Waals surface area contributed by atoms with Gasteiger partial charge in [0, 0.05) is 12.4 Å². The highest BCUT2D eigenvalue weighted by Gasteiger charge is 2.19. The third kappa shape index (κ3) is 2.80. The zero-order valence-electron chi connectivity index (χ0n) is 10.5. The Bertz CT molecular complexity index is 697. The van der Waals surface area contributed by atoms with E-state index < -0.39 is 15.8 Å². The molecule has 1 heterocycles. The predicted molar refractivity (Wildman–Crippen MR) is 72.4 cm³/mol. The molecule has 0 spiro atoms. The first-order valence-corrected chi connectivity index (χ1v) is 6.98. The Morgan fingerprint density at radius 1 is 1.30 bits per heavy atom. The van der Waals surface area contributed by atoms with Crippen LogP contribution in [0.4, 0.5) is 15.8 Å². The minimum absolute atomic E-state index is 0.0948. The van der Waals surface area contributed by atoms with Gasteiger partial charge in [0.2, 0.25) is 0 Å². The summed E-state index contributed by atoms with van der Waals surface area (Å²) in [4.78, 5) is 3.48. The molecular weight excluding hydrogens is 285 g/mol. The number of hydrogen-bond acceptors (Lipinski definition) is 5. The van der Waals surface area contributed by atoms with Crippen LogP contribution >= 0.6 is 0 Å². The van der Waals surface area contributed by atoms with E-state index in [0.29, 0.717) is 5.69 Å². The van der Waals surface area contributed by atoms with Gasteiger partial charge in [-0.05, 0) is 24.3 Å². The van der Waals surface area contributed by atoms with Gasteiger partial charge in [-0.15, -0.1) is 0 Å². The van der Waals surface area contributed by atoms with Crippen LogP contribution in [-0.2, 0) is 10.0 Å². The fraction of sp³-hybridized carbons (Fsp3) is 0.0833. The Hall–Kier alpha value is -2.35. The van der Waals surface area contributed by atoms with Gasteiger partial charge in [-0.2, -0.15) is 0 Å². The van der Waals surface area contributed by atoms with Gasteiger partial charge in [-0.25, -0.2) is 12.8 Å². The van der Waals surface area contributed by atoms with Crippen molar-refractivity contribution in [1.29, 1.82) is 0 Å². The minimum atomic E-state index is -3.94. The molecule has 0 fully saturated rings. The van der Waals surface area contributed by atoms with Gasteiger partial charge in [0.25, 0.3) is 10.0 Å². The first kappa shape index (κ1) is 14.1. The molecule has 6 nitrogen and oxygen atoms in total. The lowest BCUT2D eigenvalue weighted by molar-refractivity contribution is 0.388. The zero-order valence-corrected chi connectivity index (χ0v) is 11.3. The highest BCUT2D eigenvalue weighted by Crippen LogP contribution is 2.29. The molecular formula is C12H12FN3O3S. The van der Waals surface area contributed by atoms with Gasteiger partial charge in [-0.3, -0.25) is 9.71 Å². The molecule has 3 N–H and O–H groups in total. The maximum atomic E-state index is 13.7. The average Bonchev–Trinajstić information content (AvgIpc) is 2.39. The highest BCUT2D eigenvalue weighted by molar-refractivity contribution is 7.92. The molecule has 0 saturated carbocycles. The minimum Gasteiger partial charge on any atom is -0.492 e. The molecule has 2 aromatic rings. The fourth-order valence-corrected chi connectivity index (χ4v) is 2.70. The van der Waals surface area contributed by atoms with Gasteiger partial charge < -0.3 is 10.5 Å². The lowest BCUT2D eigenvalue weighted by Crippen LogP contribution is -2.14. The largest absolute Gasteiger partial charge is 0.492 e. The number of methoxy groups -OCH3 is 1. The van der Waals surface area contributed by atoms with E-state index in [0.717, 1.165) is 12.1 Å². The summed E-state index contributed by atoms with van der Waals surface area (Å²) in [7, 11) is -2.69. The highest BCUT2D eigenvalue weighted by atomic mass is 32.2. The molecule has 1 aromatic heterocycles. The monoisotopic (exact) mass is 297 g/mol. The molecule has 0 amide bonds. The van der Waals surface area contributed by atoms with E-state index in [1.165, 1.54) is 31.6 Å². The van der Waals surface area contributed by atoms with Gasteiger partial charge in [0.05, 0.1) is 23.4 Å². The summed E-state index contributed by atoms with van der Waals surface area (Å²) >= 11 is 0. The number of ether oxygens (including phenoxy) is 1. The van der Waals surface area contributed by atoms with Crippen molar-refractivity contribution in [2.75, 3.05) is 17.6 Å². The summed E-state index contributed by atoms with van der Waals surface area (Å²) in [6, 6.07) is 4.92. The van der Waals surface area contributed by atoms with Crippen molar-refractivity contribution in [3.8, 4) is 5.75 Å². The Labute approximate surface area is 115 Å². The first-order chi connectivity index (χ1) is 9.44. The van der Waals surface area contributed by atoms with Gasteiger partial charge >= 0.3 is 0 Å². The quantitative estimate of drug-likeness (QED) is 0.836. The number of halogens is 1. The maximum absolute atomic E-state index is 13.7. The Kier molecular flexibility index (Phi) is 3.75. The molecule has 106 valence electrons. The number of nitrogens with one attached hydrogen (secondary N) is 1. The first-order valence-electron chi connectivity index (χ1n) is 5.50. The Morgan fingerprint density at radius 2 is 1.95 bits per heavy atom. The van der Waals surface area contributed by atoms with Crippen LogP contribution < -0.4 is 15.2 Å². The van der Waals surface area contributed by atoms with Crippen LogP contribution in [0.3, 0.4) is 0 Å². The van der Waals surface area contributed by atoms with Crippen molar-refractivity contribution in [2.45, 2.75) is 4.90 Å². The molecule has 0 atom stereocenters. The van der Waals surface area contributed by atoms with E-state index in [2.05, 4.69) is 9.71 Å². The zero-order chi connectivity index (χ0) is 14.8. The Morgan fingerprint density at radius 3 is 2.50 bits per heavy atom. The van der Waals surface area contributed by atoms with E-state index >= 15 is 0 Å². The molecule has 0 aliphatic rings. The molecule has 0 saturated heterocycles. The average molecular weight is 297 g/mol. The molecule has 0 aliphatic carbocycles. The number of nitrogen functional groups attached to an aromatic ring is 1. The van der Waals surface area contributed by atoms with Crippen LogP contribution in [0.5, 0.6) is 5.75 Å². The second-order valence-corrected chi connectivity index (χ2v) is 5.55. The normalized spacial score (nSPS) is 11.1. The summed E-state index contributed by atoms with van der Waals surface area (Å²) < 4.78 is 44.9. The van der Waals surface area contributed by atoms with Crippen LogP contribution in [-0.4, -0.2) is 20.5 Å². The number of hydrogen-bond donors (Lipinski definition) is 2. The molecule has 2 rings (SSSR count). The molecule has 8 heteroatoms. The summed E-state index contributed by atoms with van der Waals surface area (Å²) in [6.07, 6.45) is 2.86. The third-order valence-electron chi connectivity index (χ3n) is 2.49. The lowest BCUT2D eigenvalue weighted by Gasteiger charge is -2.11. The van der Waals surface area contributed by atoms with E-state index in [1.807, 2.05) is 0 Å². The number of benzene rings is 1. The lowest BCUT2D eigenvalue weighted by atomic mass is 10.3. The van der Waals surface area contributed by atoms with Crippen molar-refractivity contribution in [2.24, 2.45) is 0 Å². The number of nitrogens with zero attached hydrogens (tertiary/aromatic N) is 1. The summed E-state index contributed by atoms with van der Waals surface area (Å²) in [5.41, 5.74) is 5.78. The molecule has 1 aromatic carbocycles. The summed E-state index contributed by atoms with van der Waals surface area (Å²) in [6.45, 7) is 0.